The summed E-state index contributed by atoms with van der Waals surface area (Å²) in [5.41, 5.74) is -1.00. The van der Waals surface area contributed by atoms with Crippen LogP contribution in [0.1, 0.15) is 56.3 Å². The van der Waals surface area contributed by atoms with Crippen LogP contribution in [0, 0.1) is 17.2 Å². The molecule has 2 aromatic rings. The zero-order valence-corrected chi connectivity index (χ0v) is 25.7. The van der Waals surface area contributed by atoms with Gasteiger partial charge in [-0.05, 0) is 63.3 Å². The second-order valence-electron chi connectivity index (χ2n) is 11.5. The second kappa shape index (κ2) is 13.3. The summed E-state index contributed by atoms with van der Waals surface area (Å²) in [5, 5.41) is 10.7. The highest BCUT2D eigenvalue weighted by atomic mass is 32.2. The predicted molar refractivity (Wildman–Crippen MR) is 155 cm³/mol. The van der Waals surface area contributed by atoms with Gasteiger partial charge >= 0.3 is 11.2 Å². The molecule has 2 amide bonds. The van der Waals surface area contributed by atoms with Gasteiger partial charge in [-0.3, -0.25) is 14.4 Å². The lowest BCUT2D eigenvalue weighted by atomic mass is 9.75. The first kappa shape index (κ1) is 34.0. The van der Waals surface area contributed by atoms with E-state index in [1.165, 1.54) is 25.3 Å². The first-order chi connectivity index (χ1) is 21.1. The van der Waals surface area contributed by atoms with Crippen molar-refractivity contribution < 1.29 is 55.3 Å². The van der Waals surface area contributed by atoms with Gasteiger partial charge in [-0.1, -0.05) is 6.07 Å². The molecule has 0 aromatic heterocycles. The number of benzene rings is 2. The standard InChI is InChI=1S/C30H35F3N2O9S/c1-29(28(38)39)10-7-18(8-11-29)44-25-14-21(24(42-3)15-22(25)31)27(37)35-23-16-43-12-9-20(23)26(36)34-17-5-4-6-19(13-17)45(40,41)30(2,32)33/h4-6,13-15,18,20,23H,7-12,16H2,1-3H3,(H,34,36)(H,35,37)(H,38,39)/t18?,20-,23+,29?/m0/s1. The van der Waals surface area contributed by atoms with Crippen LogP contribution < -0.4 is 20.1 Å². The van der Waals surface area contributed by atoms with E-state index in [4.69, 9.17) is 14.2 Å². The first-order valence-electron chi connectivity index (χ1n) is 14.3. The zero-order valence-electron chi connectivity index (χ0n) is 24.9. The van der Waals surface area contributed by atoms with Crippen molar-refractivity contribution in [3.8, 4) is 11.5 Å². The van der Waals surface area contributed by atoms with E-state index in [2.05, 4.69) is 10.6 Å². The van der Waals surface area contributed by atoms with Crippen LogP contribution >= 0.6 is 0 Å². The maximum absolute atomic E-state index is 14.9. The van der Waals surface area contributed by atoms with E-state index in [9.17, 15) is 41.1 Å². The van der Waals surface area contributed by atoms with Crippen molar-refractivity contribution in [2.75, 3.05) is 25.6 Å². The van der Waals surface area contributed by atoms with E-state index in [0.29, 0.717) is 25.7 Å². The van der Waals surface area contributed by atoms with E-state index in [1.807, 2.05) is 0 Å². The van der Waals surface area contributed by atoms with Crippen LogP contribution in [0.15, 0.2) is 41.3 Å². The molecule has 246 valence electrons. The lowest BCUT2D eigenvalue weighted by molar-refractivity contribution is -0.150. The Balaban J connectivity index is 1.48. The molecule has 11 nitrogen and oxygen atoms in total. The molecule has 1 heterocycles. The monoisotopic (exact) mass is 656 g/mol. The summed E-state index contributed by atoms with van der Waals surface area (Å²) in [6.45, 7) is 2.04. The molecule has 2 aliphatic rings. The average molecular weight is 657 g/mol. The third-order valence-corrected chi connectivity index (χ3v) is 10.1. The minimum atomic E-state index is -4.98. The number of hydrogen-bond donors (Lipinski definition) is 3. The number of carboxylic acid groups (broad SMARTS) is 1. The van der Waals surface area contributed by atoms with Gasteiger partial charge in [0.15, 0.2) is 11.6 Å². The van der Waals surface area contributed by atoms with E-state index >= 15 is 0 Å². The molecule has 2 atom stereocenters. The van der Waals surface area contributed by atoms with Crippen LogP contribution in [0.3, 0.4) is 0 Å². The number of methoxy groups -OCH3 is 1. The largest absolute Gasteiger partial charge is 0.496 e. The number of carbonyl (C=O) groups is 3. The summed E-state index contributed by atoms with van der Waals surface area (Å²) >= 11 is 0. The number of carbonyl (C=O) groups excluding carboxylic acids is 2. The third-order valence-electron chi connectivity index (χ3n) is 8.24. The van der Waals surface area contributed by atoms with Crippen molar-refractivity contribution >= 4 is 33.3 Å². The van der Waals surface area contributed by atoms with Gasteiger partial charge in [0, 0.05) is 25.3 Å². The Labute approximate surface area is 258 Å². The van der Waals surface area contributed by atoms with Gasteiger partial charge in [-0.15, -0.1) is 0 Å². The highest BCUT2D eigenvalue weighted by Crippen LogP contribution is 2.39. The van der Waals surface area contributed by atoms with Gasteiger partial charge in [0.1, 0.15) is 5.75 Å². The van der Waals surface area contributed by atoms with E-state index in [0.717, 1.165) is 18.2 Å². The summed E-state index contributed by atoms with van der Waals surface area (Å²) in [4.78, 5) is 37.5. The Morgan fingerprint density at radius 1 is 1.09 bits per heavy atom. The summed E-state index contributed by atoms with van der Waals surface area (Å²) in [6.07, 6.45) is 1.15. The Hall–Kier alpha value is -3.85. The maximum Gasteiger partial charge on any atom is 0.347 e. The number of alkyl halides is 2. The Bertz CT molecular complexity index is 1550. The van der Waals surface area contributed by atoms with Gasteiger partial charge in [0.25, 0.3) is 5.91 Å². The highest BCUT2D eigenvalue weighted by molar-refractivity contribution is 7.92. The third kappa shape index (κ3) is 7.52. The van der Waals surface area contributed by atoms with Crippen molar-refractivity contribution in [1.29, 1.82) is 0 Å². The number of ether oxygens (including phenoxy) is 3. The summed E-state index contributed by atoms with van der Waals surface area (Å²) < 4.78 is 83.1. The topological polar surface area (TPSA) is 157 Å². The molecule has 0 spiro atoms. The number of hydrogen-bond acceptors (Lipinski definition) is 8. The van der Waals surface area contributed by atoms with Gasteiger partial charge in [0.05, 0.1) is 47.7 Å². The normalized spacial score (nSPS) is 23.9. The van der Waals surface area contributed by atoms with Crippen molar-refractivity contribution in [2.45, 2.75) is 68.2 Å². The smallest absolute Gasteiger partial charge is 0.347 e. The molecule has 0 radical (unpaired) electrons. The number of aliphatic carboxylic acids is 1. The van der Waals surface area contributed by atoms with Gasteiger partial charge < -0.3 is 30.0 Å². The molecule has 1 saturated heterocycles. The second-order valence-corrected chi connectivity index (χ2v) is 13.7. The molecular weight excluding hydrogens is 621 g/mol. The average Bonchev–Trinajstić information content (AvgIpc) is 2.98. The number of nitrogens with one attached hydrogen (secondary N) is 2. The fourth-order valence-electron chi connectivity index (χ4n) is 5.33. The Kier molecular flexibility index (Phi) is 10.0. The lowest BCUT2D eigenvalue weighted by Crippen LogP contribution is -2.50. The molecule has 4 rings (SSSR count). The van der Waals surface area contributed by atoms with Crippen LogP contribution in [0.5, 0.6) is 11.5 Å². The number of anilines is 1. The maximum atomic E-state index is 14.9. The molecule has 1 saturated carbocycles. The zero-order chi connectivity index (χ0) is 33.2. The van der Waals surface area contributed by atoms with Crippen LogP contribution in [-0.2, 0) is 24.2 Å². The number of sulfone groups is 1. The summed E-state index contributed by atoms with van der Waals surface area (Å²) in [5.74, 6) is -4.18. The number of carboxylic acids is 1. The highest BCUT2D eigenvalue weighted by Gasteiger charge is 2.41. The molecule has 0 bridgehead atoms. The molecule has 0 unspecified atom stereocenters. The van der Waals surface area contributed by atoms with Gasteiger partial charge in [-0.2, -0.15) is 8.78 Å². The van der Waals surface area contributed by atoms with E-state index < -0.39 is 67.1 Å². The quantitative estimate of drug-likeness (QED) is 0.337. The Morgan fingerprint density at radius 3 is 2.40 bits per heavy atom. The predicted octanol–water partition coefficient (Wildman–Crippen LogP) is 4.41. The number of rotatable bonds is 10. The molecule has 2 fully saturated rings. The first-order valence-corrected chi connectivity index (χ1v) is 15.7. The number of amides is 2. The molecule has 45 heavy (non-hydrogen) atoms. The van der Waals surface area contributed by atoms with Crippen LogP contribution in [0.4, 0.5) is 18.9 Å². The minimum absolute atomic E-state index is 0.0322. The molecule has 1 aliphatic heterocycles. The lowest BCUT2D eigenvalue weighted by Gasteiger charge is -2.34. The fourth-order valence-corrected chi connectivity index (χ4v) is 6.29. The van der Waals surface area contributed by atoms with Crippen molar-refractivity contribution in [2.24, 2.45) is 11.3 Å². The van der Waals surface area contributed by atoms with Gasteiger partial charge in [0.2, 0.25) is 15.7 Å². The fraction of sp³-hybridized carbons (Fsp3) is 0.500. The van der Waals surface area contributed by atoms with Crippen molar-refractivity contribution in [3.63, 3.8) is 0 Å². The molecule has 3 N–H and O–H groups in total. The van der Waals surface area contributed by atoms with E-state index in [1.54, 1.807) is 6.92 Å². The van der Waals surface area contributed by atoms with Crippen LogP contribution in [-0.4, -0.2) is 69.0 Å². The number of halogens is 3. The van der Waals surface area contributed by atoms with Crippen LogP contribution in [0.2, 0.25) is 0 Å². The molecule has 2 aromatic carbocycles. The summed E-state index contributed by atoms with van der Waals surface area (Å²) in [6, 6.07) is 5.79. The SMILES string of the molecule is COc1cc(F)c(OC2CCC(C)(C(=O)O)CC2)cc1C(=O)N[C@@H]1COCC[C@@H]1C(=O)Nc1cccc(S(=O)(=O)C(C)(F)F)c1. The van der Waals surface area contributed by atoms with Crippen molar-refractivity contribution in [3.05, 3.63) is 47.8 Å². The molecule has 1 aliphatic carbocycles. The van der Waals surface area contributed by atoms with E-state index in [-0.39, 0.29) is 49.3 Å². The summed E-state index contributed by atoms with van der Waals surface area (Å²) in [7, 11) is -3.73. The molecular formula is C30H35F3N2O9S. The Morgan fingerprint density at radius 2 is 1.78 bits per heavy atom. The van der Waals surface area contributed by atoms with Gasteiger partial charge in [-0.25, -0.2) is 12.8 Å². The molecule has 15 heteroatoms. The minimum Gasteiger partial charge on any atom is -0.496 e. The van der Waals surface area contributed by atoms with Crippen LogP contribution in [0.25, 0.3) is 0 Å². The van der Waals surface area contributed by atoms with Crippen molar-refractivity contribution in [1.82, 2.24) is 5.32 Å².